The Hall–Kier alpha value is -3.40. The van der Waals surface area contributed by atoms with Crippen LogP contribution in [0.3, 0.4) is 0 Å². The van der Waals surface area contributed by atoms with E-state index in [0.717, 1.165) is 16.2 Å². The molecule has 0 saturated carbocycles. The number of β-amino-alcohol motifs (C(OH)–C–C–N with tert-alkyl or cyclic N) is 1. The molecule has 9 nitrogen and oxygen atoms in total. The molecule has 1 N–H and O–H groups in total. The molecule has 0 unspecified atom stereocenters. The van der Waals surface area contributed by atoms with E-state index >= 15 is 0 Å². The van der Waals surface area contributed by atoms with Crippen molar-refractivity contribution in [3.05, 3.63) is 58.7 Å². The van der Waals surface area contributed by atoms with Crippen LogP contribution < -0.4 is 0 Å². The number of hydrogen-bond donors (Lipinski definition) is 1. The quantitative estimate of drug-likeness (QED) is 0.275. The maximum Gasteiger partial charge on any atom is 0.261 e. The Kier molecular flexibility index (Phi) is 6.13. The molecule has 2 aliphatic rings. The molecule has 0 aromatic heterocycles. The number of carbonyl (C=O) groups is 4. The Morgan fingerprint density at radius 3 is 1.66 bits per heavy atom. The number of rotatable bonds is 9. The van der Waals surface area contributed by atoms with Gasteiger partial charge in [-0.05, 0) is 41.8 Å². The average Bonchev–Trinajstić information content (AvgIpc) is 3.18. The minimum atomic E-state index is -0.468. The summed E-state index contributed by atoms with van der Waals surface area (Å²) in [5.41, 5.74) is 2.36. The van der Waals surface area contributed by atoms with Crippen molar-refractivity contribution >= 4 is 23.6 Å². The summed E-state index contributed by atoms with van der Waals surface area (Å²) in [5, 5.41) is 9.10. The molecule has 0 bridgehead atoms. The molecule has 4 rings (SSSR count). The van der Waals surface area contributed by atoms with Crippen LogP contribution in [0.15, 0.2) is 36.4 Å². The second kappa shape index (κ2) is 8.99. The van der Waals surface area contributed by atoms with Crippen molar-refractivity contribution in [2.24, 2.45) is 0 Å². The zero-order valence-corrected chi connectivity index (χ0v) is 17.5. The van der Waals surface area contributed by atoms with Gasteiger partial charge in [0.2, 0.25) is 0 Å². The summed E-state index contributed by atoms with van der Waals surface area (Å²) in [7, 11) is 0. The molecule has 0 fully saturated rings. The van der Waals surface area contributed by atoms with E-state index in [9.17, 15) is 19.2 Å². The lowest BCUT2D eigenvalue weighted by molar-refractivity contribution is -0.294. The first-order chi connectivity index (χ1) is 15.5. The van der Waals surface area contributed by atoms with Gasteiger partial charge in [0, 0.05) is 0 Å². The van der Waals surface area contributed by atoms with Crippen molar-refractivity contribution in [3.8, 4) is 11.1 Å². The third-order valence-electron chi connectivity index (χ3n) is 5.37. The van der Waals surface area contributed by atoms with Crippen LogP contribution in [0.1, 0.15) is 54.8 Å². The molecular weight excluding hydrogens is 416 g/mol. The minimum Gasteiger partial charge on any atom is -0.395 e. The lowest BCUT2D eigenvalue weighted by Gasteiger charge is -2.13. The summed E-state index contributed by atoms with van der Waals surface area (Å²) >= 11 is 0. The molecular formula is C23H22N2O7. The fourth-order valence-electron chi connectivity index (χ4n) is 3.78. The summed E-state index contributed by atoms with van der Waals surface area (Å²) < 4.78 is 0. The highest BCUT2D eigenvalue weighted by Gasteiger charge is 2.37. The minimum absolute atomic E-state index is 0.0693. The van der Waals surface area contributed by atoms with Crippen LogP contribution in [0.2, 0.25) is 0 Å². The summed E-state index contributed by atoms with van der Waals surface area (Å²) in [6, 6.07) is 9.72. The largest absolute Gasteiger partial charge is 0.395 e. The van der Waals surface area contributed by atoms with Gasteiger partial charge in [-0.15, -0.1) is 0 Å². The Bertz CT molecular complexity index is 1110. The number of hydrogen-bond acceptors (Lipinski definition) is 7. The highest BCUT2D eigenvalue weighted by atomic mass is 17.2. The van der Waals surface area contributed by atoms with Crippen LogP contribution in [-0.4, -0.2) is 71.4 Å². The van der Waals surface area contributed by atoms with E-state index < -0.39 is 23.6 Å². The van der Waals surface area contributed by atoms with Gasteiger partial charge < -0.3 is 5.11 Å². The molecule has 2 aliphatic heterocycles. The lowest BCUT2D eigenvalue weighted by Crippen LogP contribution is -2.33. The molecule has 9 heteroatoms. The molecule has 0 saturated heterocycles. The Balaban J connectivity index is 1.56. The highest BCUT2D eigenvalue weighted by molar-refractivity contribution is 6.23. The van der Waals surface area contributed by atoms with Crippen LogP contribution in [0.25, 0.3) is 11.1 Å². The van der Waals surface area contributed by atoms with Crippen LogP contribution >= 0.6 is 0 Å². The van der Waals surface area contributed by atoms with Gasteiger partial charge in [0.15, 0.2) is 0 Å². The zero-order chi connectivity index (χ0) is 22.8. The number of amides is 4. The third-order valence-corrected chi connectivity index (χ3v) is 5.37. The fourth-order valence-corrected chi connectivity index (χ4v) is 3.78. The Morgan fingerprint density at radius 2 is 1.16 bits per heavy atom. The van der Waals surface area contributed by atoms with Gasteiger partial charge in [0.25, 0.3) is 23.6 Å². The van der Waals surface area contributed by atoms with Gasteiger partial charge >= 0.3 is 0 Å². The maximum atomic E-state index is 12.8. The second-order valence-corrected chi connectivity index (χ2v) is 7.41. The predicted octanol–water partition coefficient (Wildman–Crippen LogP) is 1.90. The van der Waals surface area contributed by atoms with Crippen molar-refractivity contribution < 1.29 is 34.1 Å². The summed E-state index contributed by atoms with van der Waals surface area (Å²) in [5.74, 6) is -1.73. The van der Waals surface area contributed by atoms with Crippen molar-refractivity contribution in [3.63, 3.8) is 0 Å². The standard InChI is InChI=1S/C23H22N2O7/c1-2-10-31-32-11-8-25-21(28)17-6-4-15(13-19(17)23(25)30)14-3-5-16-18(12-14)22(29)24(7-9-26)20(16)27/h3-6,12-13,26H,2,7-11H2,1H3. The van der Waals surface area contributed by atoms with Gasteiger partial charge in [-0.3, -0.25) is 29.0 Å². The zero-order valence-electron chi connectivity index (χ0n) is 17.5. The summed E-state index contributed by atoms with van der Waals surface area (Å²) in [4.78, 5) is 62.3. The maximum absolute atomic E-state index is 12.8. The molecule has 0 radical (unpaired) electrons. The van der Waals surface area contributed by atoms with E-state index in [-0.39, 0.29) is 43.0 Å². The molecule has 0 aliphatic carbocycles. The van der Waals surface area contributed by atoms with Gasteiger partial charge in [-0.1, -0.05) is 19.1 Å². The predicted molar refractivity (Wildman–Crippen MR) is 112 cm³/mol. The Morgan fingerprint density at radius 1 is 0.688 bits per heavy atom. The molecule has 4 amide bonds. The van der Waals surface area contributed by atoms with Crippen molar-refractivity contribution in [2.75, 3.05) is 32.9 Å². The summed E-state index contributed by atoms with van der Waals surface area (Å²) in [6.45, 7) is 2.13. The Labute approximate surface area is 184 Å². The first-order valence-electron chi connectivity index (χ1n) is 10.3. The van der Waals surface area contributed by atoms with E-state index in [0.29, 0.717) is 23.3 Å². The SMILES string of the molecule is CCCOOCCN1C(=O)c2ccc(-c3ccc4c(c3)C(=O)N(CCO)C4=O)cc2C1=O. The first kappa shape index (κ1) is 21.8. The molecule has 0 spiro atoms. The van der Waals surface area contributed by atoms with Gasteiger partial charge in [0.1, 0.15) is 6.61 Å². The number of fused-ring (bicyclic) bond motifs is 2. The monoisotopic (exact) mass is 438 g/mol. The van der Waals surface area contributed by atoms with Gasteiger partial charge in [-0.25, -0.2) is 9.78 Å². The van der Waals surface area contributed by atoms with E-state index in [4.69, 9.17) is 14.9 Å². The van der Waals surface area contributed by atoms with Crippen LogP contribution in [0.5, 0.6) is 0 Å². The number of aliphatic hydroxyl groups excluding tert-OH is 1. The van der Waals surface area contributed by atoms with E-state index in [1.54, 1.807) is 36.4 Å². The highest BCUT2D eigenvalue weighted by Crippen LogP contribution is 2.32. The van der Waals surface area contributed by atoms with Crippen molar-refractivity contribution in [1.82, 2.24) is 9.80 Å². The van der Waals surface area contributed by atoms with Crippen LogP contribution in [0, 0.1) is 0 Å². The first-order valence-corrected chi connectivity index (χ1v) is 10.3. The van der Waals surface area contributed by atoms with E-state index in [2.05, 4.69) is 0 Å². The number of imide groups is 2. The number of aliphatic hydroxyl groups is 1. The number of benzene rings is 2. The van der Waals surface area contributed by atoms with Crippen molar-refractivity contribution in [1.29, 1.82) is 0 Å². The third kappa shape index (κ3) is 3.70. The van der Waals surface area contributed by atoms with Crippen LogP contribution in [0.4, 0.5) is 0 Å². The topological polar surface area (TPSA) is 113 Å². The normalized spacial score (nSPS) is 15.1. The second-order valence-electron chi connectivity index (χ2n) is 7.41. The summed E-state index contributed by atoms with van der Waals surface area (Å²) in [6.07, 6.45) is 0.789. The lowest BCUT2D eigenvalue weighted by atomic mass is 9.97. The molecule has 2 aromatic carbocycles. The van der Waals surface area contributed by atoms with Crippen LogP contribution in [-0.2, 0) is 9.78 Å². The molecule has 166 valence electrons. The molecule has 0 atom stereocenters. The van der Waals surface area contributed by atoms with E-state index in [1.165, 1.54) is 0 Å². The van der Waals surface area contributed by atoms with Gasteiger partial charge in [-0.2, -0.15) is 0 Å². The fraction of sp³-hybridized carbons (Fsp3) is 0.304. The smallest absolute Gasteiger partial charge is 0.261 e. The molecule has 32 heavy (non-hydrogen) atoms. The molecule has 2 aromatic rings. The number of nitrogens with zero attached hydrogens (tertiary/aromatic N) is 2. The number of carbonyl (C=O) groups excluding carboxylic acids is 4. The average molecular weight is 438 g/mol. The van der Waals surface area contributed by atoms with E-state index in [1.807, 2.05) is 6.92 Å². The van der Waals surface area contributed by atoms with Crippen molar-refractivity contribution in [2.45, 2.75) is 13.3 Å². The van der Waals surface area contributed by atoms with Gasteiger partial charge in [0.05, 0.1) is 48.6 Å². The molecule has 2 heterocycles.